The molecular weight excluding hydrogens is 280 g/mol. The number of benzene rings is 1. The maximum atomic E-state index is 13.4. The van der Waals surface area contributed by atoms with Gasteiger partial charge in [0, 0.05) is 13.7 Å². The van der Waals surface area contributed by atoms with Crippen LogP contribution in [-0.4, -0.2) is 25.7 Å². The third-order valence-corrected chi connectivity index (χ3v) is 2.52. The molecule has 4 nitrogen and oxygen atoms in total. The van der Waals surface area contributed by atoms with Gasteiger partial charge in [-0.1, -0.05) is 0 Å². The van der Waals surface area contributed by atoms with Crippen LogP contribution in [0.4, 0.5) is 23.2 Å². The third kappa shape index (κ3) is 4.46. The van der Waals surface area contributed by atoms with E-state index in [1.54, 1.807) is 0 Å². The van der Waals surface area contributed by atoms with Crippen LogP contribution in [0.3, 0.4) is 0 Å². The molecule has 20 heavy (non-hydrogen) atoms. The number of methoxy groups -OCH3 is 1. The van der Waals surface area contributed by atoms with Crippen molar-refractivity contribution >= 4 is 11.6 Å². The van der Waals surface area contributed by atoms with Crippen molar-refractivity contribution in [2.45, 2.75) is 18.6 Å². The quantitative estimate of drug-likeness (QED) is 0.818. The summed E-state index contributed by atoms with van der Waals surface area (Å²) in [4.78, 5) is 11.6. The molecule has 0 fully saturated rings. The van der Waals surface area contributed by atoms with Gasteiger partial charge in [0.25, 0.3) is 0 Å². The highest BCUT2D eigenvalue weighted by molar-refractivity contribution is 5.94. The SMILES string of the molecule is COCCC(N)C(=O)Nc1cc(C(F)(F)F)ccc1F. The molecule has 8 heteroatoms. The molecule has 0 radical (unpaired) electrons. The molecule has 1 amide bonds. The number of nitrogens with one attached hydrogen (secondary N) is 1. The Balaban J connectivity index is 2.84. The van der Waals surface area contributed by atoms with Crippen LogP contribution in [0, 0.1) is 5.82 Å². The Morgan fingerprint density at radius 1 is 1.45 bits per heavy atom. The van der Waals surface area contributed by atoms with Crippen molar-refractivity contribution in [3.8, 4) is 0 Å². The van der Waals surface area contributed by atoms with Gasteiger partial charge in [-0.05, 0) is 24.6 Å². The Hall–Kier alpha value is -1.67. The largest absolute Gasteiger partial charge is 0.416 e. The van der Waals surface area contributed by atoms with Gasteiger partial charge in [-0.3, -0.25) is 4.79 Å². The van der Waals surface area contributed by atoms with Crippen LogP contribution >= 0.6 is 0 Å². The highest BCUT2D eigenvalue weighted by Gasteiger charge is 2.31. The van der Waals surface area contributed by atoms with Crippen molar-refractivity contribution in [3.63, 3.8) is 0 Å². The van der Waals surface area contributed by atoms with Crippen molar-refractivity contribution in [2.24, 2.45) is 5.73 Å². The number of amides is 1. The van der Waals surface area contributed by atoms with E-state index in [1.165, 1.54) is 7.11 Å². The Morgan fingerprint density at radius 3 is 2.65 bits per heavy atom. The van der Waals surface area contributed by atoms with E-state index in [-0.39, 0.29) is 13.0 Å². The third-order valence-electron chi connectivity index (χ3n) is 2.52. The van der Waals surface area contributed by atoms with Gasteiger partial charge in [-0.25, -0.2) is 4.39 Å². The van der Waals surface area contributed by atoms with Crippen LogP contribution < -0.4 is 11.1 Å². The average molecular weight is 294 g/mol. The van der Waals surface area contributed by atoms with Gasteiger partial charge in [0.2, 0.25) is 5.91 Å². The number of anilines is 1. The van der Waals surface area contributed by atoms with E-state index in [9.17, 15) is 22.4 Å². The zero-order valence-corrected chi connectivity index (χ0v) is 10.6. The molecule has 0 spiro atoms. The second-order valence-corrected chi connectivity index (χ2v) is 4.07. The van der Waals surface area contributed by atoms with Crippen LogP contribution in [0.2, 0.25) is 0 Å². The summed E-state index contributed by atoms with van der Waals surface area (Å²) in [5.41, 5.74) is 3.87. The standard InChI is InChI=1S/C12H14F4N2O2/c1-20-5-4-9(17)11(19)18-10-6-7(12(14,15)16)2-3-8(10)13/h2-3,6,9H,4-5,17H2,1H3,(H,18,19). The molecule has 0 heterocycles. The highest BCUT2D eigenvalue weighted by atomic mass is 19.4. The van der Waals surface area contributed by atoms with Crippen molar-refractivity contribution in [3.05, 3.63) is 29.6 Å². The lowest BCUT2D eigenvalue weighted by Crippen LogP contribution is -2.36. The van der Waals surface area contributed by atoms with E-state index >= 15 is 0 Å². The Bertz CT molecular complexity index is 477. The first-order valence-corrected chi connectivity index (χ1v) is 5.68. The smallest absolute Gasteiger partial charge is 0.385 e. The maximum absolute atomic E-state index is 13.4. The summed E-state index contributed by atoms with van der Waals surface area (Å²) in [6.45, 7) is 0.208. The number of hydrogen-bond acceptors (Lipinski definition) is 3. The number of hydrogen-bond donors (Lipinski definition) is 2. The minimum Gasteiger partial charge on any atom is -0.385 e. The fourth-order valence-corrected chi connectivity index (χ4v) is 1.40. The predicted octanol–water partition coefficient (Wildman–Crippen LogP) is 2.15. The number of ether oxygens (including phenoxy) is 1. The summed E-state index contributed by atoms with van der Waals surface area (Å²) in [5.74, 6) is -1.74. The summed E-state index contributed by atoms with van der Waals surface area (Å²) in [6.07, 6.45) is -4.45. The van der Waals surface area contributed by atoms with Gasteiger partial charge in [-0.15, -0.1) is 0 Å². The number of carbonyl (C=O) groups excluding carboxylic acids is 1. The number of rotatable bonds is 5. The number of halogens is 4. The van der Waals surface area contributed by atoms with Gasteiger partial charge < -0.3 is 15.8 Å². The zero-order valence-electron chi connectivity index (χ0n) is 10.6. The van der Waals surface area contributed by atoms with Gasteiger partial charge in [0.15, 0.2) is 0 Å². The molecule has 1 atom stereocenters. The van der Waals surface area contributed by atoms with Gasteiger partial charge >= 0.3 is 6.18 Å². The molecule has 0 aliphatic rings. The highest BCUT2D eigenvalue weighted by Crippen LogP contribution is 2.31. The van der Waals surface area contributed by atoms with E-state index < -0.39 is 35.2 Å². The number of nitrogens with two attached hydrogens (primary N) is 1. The van der Waals surface area contributed by atoms with E-state index in [2.05, 4.69) is 0 Å². The molecule has 0 aliphatic heterocycles. The van der Waals surface area contributed by atoms with Gasteiger partial charge in [-0.2, -0.15) is 13.2 Å². The molecule has 112 valence electrons. The second-order valence-electron chi connectivity index (χ2n) is 4.07. The number of alkyl halides is 3. The van der Waals surface area contributed by atoms with Gasteiger partial charge in [0.1, 0.15) is 5.82 Å². The van der Waals surface area contributed by atoms with E-state index in [1.807, 2.05) is 5.32 Å². The summed E-state index contributed by atoms with van der Waals surface area (Å²) in [7, 11) is 1.41. The molecule has 1 rings (SSSR count). The summed E-state index contributed by atoms with van der Waals surface area (Å²) < 4.78 is 55.6. The molecule has 0 saturated carbocycles. The Morgan fingerprint density at radius 2 is 2.10 bits per heavy atom. The predicted molar refractivity (Wildman–Crippen MR) is 64.5 cm³/mol. The fraction of sp³-hybridized carbons (Fsp3) is 0.417. The summed E-state index contributed by atoms with van der Waals surface area (Å²) >= 11 is 0. The first-order valence-electron chi connectivity index (χ1n) is 5.68. The Kier molecular flexibility index (Phi) is 5.46. The molecule has 1 aromatic rings. The molecule has 1 aromatic carbocycles. The Labute approximate surface area is 112 Å². The molecular formula is C12H14F4N2O2. The monoisotopic (exact) mass is 294 g/mol. The van der Waals surface area contributed by atoms with Crippen LogP contribution in [0.25, 0.3) is 0 Å². The molecule has 0 aromatic heterocycles. The summed E-state index contributed by atoms with van der Waals surface area (Å²) in [6, 6.07) is 0.759. The maximum Gasteiger partial charge on any atom is 0.416 e. The molecule has 0 aliphatic carbocycles. The normalized spacial score (nSPS) is 13.1. The van der Waals surface area contributed by atoms with Gasteiger partial charge in [0.05, 0.1) is 17.3 Å². The first kappa shape index (κ1) is 16.4. The van der Waals surface area contributed by atoms with Crippen molar-refractivity contribution in [1.29, 1.82) is 0 Å². The first-order chi connectivity index (χ1) is 9.25. The molecule has 0 bridgehead atoms. The topological polar surface area (TPSA) is 64.3 Å². The lowest BCUT2D eigenvalue weighted by molar-refractivity contribution is -0.137. The van der Waals surface area contributed by atoms with E-state index in [0.29, 0.717) is 18.2 Å². The number of carbonyl (C=O) groups is 1. The lowest BCUT2D eigenvalue weighted by atomic mass is 10.1. The van der Waals surface area contributed by atoms with E-state index in [4.69, 9.17) is 10.5 Å². The van der Waals surface area contributed by atoms with Crippen LogP contribution in [-0.2, 0) is 15.7 Å². The van der Waals surface area contributed by atoms with Crippen LogP contribution in [0.1, 0.15) is 12.0 Å². The van der Waals surface area contributed by atoms with Crippen LogP contribution in [0.15, 0.2) is 18.2 Å². The molecule has 1 unspecified atom stereocenters. The molecule has 3 N–H and O–H groups in total. The van der Waals surface area contributed by atoms with Crippen LogP contribution in [0.5, 0.6) is 0 Å². The summed E-state index contributed by atoms with van der Waals surface area (Å²) in [5, 5.41) is 2.04. The lowest BCUT2D eigenvalue weighted by Gasteiger charge is -2.14. The van der Waals surface area contributed by atoms with Crippen molar-refractivity contribution < 1.29 is 27.1 Å². The minimum absolute atomic E-state index is 0.170. The van der Waals surface area contributed by atoms with Crippen molar-refractivity contribution in [1.82, 2.24) is 0 Å². The second kappa shape index (κ2) is 6.67. The fourth-order valence-electron chi connectivity index (χ4n) is 1.40. The molecule has 0 saturated heterocycles. The average Bonchev–Trinajstić information content (AvgIpc) is 2.37. The van der Waals surface area contributed by atoms with E-state index in [0.717, 1.165) is 0 Å². The van der Waals surface area contributed by atoms with Crippen molar-refractivity contribution in [2.75, 3.05) is 19.0 Å². The zero-order chi connectivity index (χ0) is 15.3. The minimum atomic E-state index is -4.62.